The van der Waals surface area contributed by atoms with E-state index in [0.717, 1.165) is 23.3 Å². The van der Waals surface area contributed by atoms with Crippen LogP contribution in [0.3, 0.4) is 0 Å². The summed E-state index contributed by atoms with van der Waals surface area (Å²) in [6.07, 6.45) is -0.535. The van der Waals surface area contributed by atoms with Crippen molar-refractivity contribution in [1.82, 2.24) is 29.8 Å². The largest absolute Gasteiger partial charge is 0.433 e. The Morgan fingerprint density at radius 2 is 1.79 bits per heavy atom. The molecule has 0 radical (unpaired) electrons. The summed E-state index contributed by atoms with van der Waals surface area (Å²) in [6, 6.07) is 4.89. The van der Waals surface area contributed by atoms with E-state index in [1.807, 2.05) is 0 Å². The van der Waals surface area contributed by atoms with E-state index < -0.39 is 41.5 Å². The number of halogens is 5. The Balaban J connectivity index is 1.63. The molecule has 3 heterocycles. The average Bonchev–Trinajstić information content (AvgIpc) is 3.41. The Morgan fingerprint density at radius 1 is 1.06 bits per heavy atom. The van der Waals surface area contributed by atoms with Crippen LogP contribution in [0.15, 0.2) is 49.1 Å². The van der Waals surface area contributed by atoms with Crippen molar-refractivity contribution < 1.29 is 26.7 Å². The van der Waals surface area contributed by atoms with Crippen LogP contribution >= 0.6 is 0 Å². The number of anilines is 1. The molecule has 1 aromatic carbocycles. The summed E-state index contributed by atoms with van der Waals surface area (Å²) in [5.74, 6) is -2.91. The number of nitrogens with one attached hydrogen (secondary N) is 1. The quantitative estimate of drug-likeness (QED) is 0.455. The number of aromatic nitrogens is 6. The highest BCUT2D eigenvalue weighted by Gasteiger charge is 2.40. The summed E-state index contributed by atoms with van der Waals surface area (Å²) in [5, 5.41) is 13.3. The van der Waals surface area contributed by atoms with Gasteiger partial charge in [0.05, 0.1) is 42.6 Å². The van der Waals surface area contributed by atoms with Crippen molar-refractivity contribution in [3.63, 3.8) is 0 Å². The third-order valence-electron chi connectivity index (χ3n) is 4.74. The summed E-state index contributed by atoms with van der Waals surface area (Å²) < 4.78 is 70.0. The van der Waals surface area contributed by atoms with Crippen LogP contribution in [0, 0.1) is 18.6 Å². The predicted octanol–water partition coefficient (Wildman–Crippen LogP) is 3.76. The lowest BCUT2D eigenvalue weighted by atomic mass is 10.1. The van der Waals surface area contributed by atoms with E-state index in [1.165, 1.54) is 37.5 Å². The second kappa shape index (κ2) is 8.41. The fourth-order valence-electron chi connectivity index (χ4n) is 3.12. The molecule has 13 heteroatoms. The van der Waals surface area contributed by atoms with Crippen molar-refractivity contribution in [2.24, 2.45) is 0 Å². The highest BCUT2D eigenvalue weighted by molar-refractivity contribution is 6.05. The molecule has 4 aromatic rings. The number of benzene rings is 1. The molecule has 0 saturated heterocycles. The maximum Gasteiger partial charge on any atom is 0.433 e. The van der Waals surface area contributed by atoms with Gasteiger partial charge in [-0.2, -0.15) is 28.5 Å². The van der Waals surface area contributed by atoms with Crippen molar-refractivity contribution in [2.75, 3.05) is 5.32 Å². The Hall–Kier alpha value is -4.16. The van der Waals surface area contributed by atoms with Crippen LogP contribution in [0.25, 0.3) is 5.82 Å². The Labute approximate surface area is 182 Å². The maximum absolute atomic E-state index is 14.3. The van der Waals surface area contributed by atoms with Gasteiger partial charge in [0, 0.05) is 6.07 Å². The van der Waals surface area contributed by atoms with Crippen LogP contribution in [0.4, 0.5) is 27.6 Å². The molecule has 8 nitrogen and oxygen atoms in total. The Kier molecular flexibility index (Phi) is 5.62. The van der Waals surface area contributed by atoms with Crippen molar-refractivity contribution in [2.45, 2.75) is 19.6 Å². The van der Waals surface area contributed by atoms with E-state index in [4.69, 9.17) is 0 Å². The van der Waals surface area contributed by atoms with Gasteiger partial charge in [-0.15, -0.1) is 4.80 Å². The molecule has 0 spiro atoms. The standard InChI is InChI=1S/C20H14F5N7O/c1-11-12(3-2-4-15(11)21)10-31-17(20(23,24)25)14(9-29-31)19(33)30-13-7-16(22)18(26-8-13)32-27-5-6-28-32/h2-9H,10H2,1H3,(H,30,33). The first-order valence-electron chi connectivity index (χ1n) is 9.35. The van der Waals surface area contributed by atoms with E-state index in [2.05, 4.69) is 25.6 Å². The first-order valence-corrected chi connectivity index (χ1v) is 9.35. The number of hydrogen-bond donors (Lipinski definition) is 1. The summed E-state index contributed by atoms with van der Waals surface area (Å²) in [5.41, 5.74) is -1.86. The van der Waals surface area contributed by atoms with E-state index in [9.17, 15) is 26.7 Å². The first-order chi connectivity index (χ1) is 15.6. The fraction of sp³-hybridized carbons (Fsp3) is 0.150. The number of pyridine rings is 1. The molecule has 0 aliphatic carbocycles. The van der Waals surface area contributed by atoms with Gasteiger partial charge in [0.15, 0.2) is 11.5 Å². The van der Waals surface area contributed by atoms with Crippen LogP contribution < -0.4 is 5.32 Å². The van der Waals surface area contributed by atoms with Crippen LogP contribution in [-0.2, 0) is 12.7 Å². The summed E-state index contributed by atoms with van der Waals surface area (Å²) in [7, 11) is 0. The van der Waals surface area contributed by atoms with Crippen LogP contribution in [0.2, 0.25) is 0 Å². The summed E-state index contributed by atoms with van der Waals surface area (Å²) >= 11 is 0. The predicted molar refractivity (Wildman–Crippen MR) is 105 cm³/mol. The van der Waals surface area contributed by atoms with Crippen molar-refractivity contribution >= 4 is 11.6 Å². The second-order valence-electron chi connectivity index (χ2n) is 6.89. The van der Waals surface area contributed by atoms with E-state index in [-0.39, 0.29) is 22.6 Å². The molecule has 0 saturated carbocycles. The molecule has 170 valence electrons. The zero-order chi connectivity index (χ0) is 23.8. The van der Waals surface area contributed by atoms with Gasteiger partial charge in [-0.25, -0.2) is 13.8 Å². The lowest BCUT2D eigenvalue weighted by molar-refractivity contribution is -0.144. The average molecular weight is 463 g/mol. The number of carbonyl (C=O) groups excluding carboxylic acids is 1. The Morgan fingerprint density at radius 3 is 2.45 bits per heavy atom. The molecule has 0 unspecified atom stereocenters. The molecule has 0 aliphatic rings. The second-order valence-corrected chi connectivity index (χ2v) is 6.89. The summed E-state index contributed by atoms with van der Waals surface area (Å²) in [6.45, 7) is 1.02. The molecule has 0 bridgehead atoms. The van der Waals surface area contributed by atoms with E-state index in [0.29, 0.717) is 4.68 Å². The molecule has 33 heavy (non-hydrogen) atoms. The zero-order valence-electron chi connectivity index (χ0n) is 16.8. The number of nitrogens with zero attached hydrogens (tertiary/aromatic N) is 6. The van der Waals surface area contributed by atoms with E-state index >= 15 is 0 Å². The van der Waals surface area contributed by atoms with Gasteiger partial charge in [0.1, 0.15) is 5.82 Å². The lowest BCUT2D eigenvalue weighted by Crippen LogP contribution is -2.22. The molecule has 4 rings (SSSR count). The molecular weight excluding hydrogens is 449 g/mol. The van der Waals surface area contributed by atoms with Crippen LogP contribution in [0.1, 0.15) is 27.2 Å². The number of carbonyl (C=O) groups is 1. The molecule has 1 amide bonds. The molecular formula is C20H14F5N7O. The normalized spacial score (nSPS) is 11.6. The van der Waals surface area contributed by atoms with Crippen molar-refractivity contribution in [3.8, 4) is 5.82 Å². The number of rotatable bonds is 5. The number of alkyl halides is 3. The molecule has 0 aliphatic heterocycles. The minimum absolute atomic E-state index is 0.167. The van der Waals surface area contributed by atoms with Crippen LogP contribution in [0.5, 0.6) is 0 Å². The van der Waals surface area contributed by atoms with Gasteiger partial charge >= 0.3 is 6.18 Å². The molecule has 1 N–H and O–H groups in total. The first kappa shape index (κ1) is 22.0. The molecule has 0 atom stereocenters. The molecule has 3 aromatic heterocycles. The highest BCUT2D eigenvalue weighted by atomic mass is 19.4. The third-order valence-corrected chi connectivity index (χ3v) is 4.74. The zero-order valence-corrected chi connectivity index (χ0v) is 16.8. The monoisotopic (exact) mass is 463 g/mol. The third kappa shape index (κ3) is 4.42. The Bertz CT molecular complexity index is 1320. The van der Waals surface area contributed by atoms with Gasteiger partial charge in [0.2, 0.25) is 5.82 Å². The van der Waals surface area contributed by atoms with Gasteiger partial charge in [0.25, 0.3) is 5.91 Å². The van der Waals surface area contributed by atoms with Crippen LogP contribution in [-0.4, -0.2) is 35.7 Å². The van der Waals surface area contributed by atoms with Crippen molar-refractivity contribution in [3.05, 3.63) is 83.1 Å². The fourth-order valence-corrected chi connectivity index (χ4v) is 3.12. The van der Waals surface area contributed by atoms with Gasteiger partial charge < -0.3 is 5.32 Å². The molecule has 0 fully saturated rings. The maximum atomic E-state index is 14.3. The number of amides is 1. The van der Waals surface area contributed by atoms with Gasteiger partial charge in [-0.1, -0.05) is 12.1 Å². The lowest BCUT2D eigenvalue weighted by Gasteiger charge is -2.14. The minimum atomic E-state index is -4.94. The minimum Gasteiger partial charge on any atom is -0.320 e. The summed E-state index contributed by atoms with van der Waals surface area (Å²) in [4.78, 5) is 17.3. The van der Waals surface area contributed by atoms with E-state index in [1.54, 1.807) is 0 Å². The smallest absolute Gasteiger partial charge is 0.320 e. The topological polar surface area (TPSA) is 90.5 Å². The SMILES string of the molecule is Cc1c(F)cccc1Cn1ncc(C(=O)Nc2cnc(-n3nccn3)c(F)c2)c1C(F)(F)F. The highest BCUT2D eigenvalue weighted by Crippen LogP contribution is 2.33. The van der Waals surface area contributed by atoms with Gasteiger partial charge in [-0.05, 0) is 24.1 Å². The number of hydrogen-bond acceptors (Lipinski definition) is 5. The van der Waals surface area contributed by atoms with Crippen molar-refractivity contribution in [1.29, 1.82) is 0 Å². The van der Waals surface area contributed by atoms with Gasteiger partial charge in [-0.3, -0.25) is 9.48 Å².